The molecule has 1 aromatic heterocycles. The van der Waals surface area contributed by atoms with Crippen LogP contribution in [0.4, 0.5) is 11.5 Å². The molecule has 0 aliphatic carbocycles. The first-order valence-electron chi connectivity index (χ1n) is 6.70. The fourth-order valence-electron chi connectivity index (χ4n) is 1.81. The van der Waals surface area contributed by atoms with Crippen molar-refractivity contribution >= 4 is 11.5 Å². The molecule has 0 unspecified atom stereocenters. The van der Waals surface area contributed by atoms with E-state index in [1.165, 1.54) is 20.5 Å². The molecule has 122 valence electrons. The Balaban J connectivity index is 2.34. The maximum Gasteiger partial charge on any atom is 0.373 e. The van der Waals surface area contributed by atoms with E-state index in [2.05, 4.69) is 15.3 Å². The van der Waals surface area contributed by atoms with Gasteiger partial charge in [0, 0.05) is 13.7 Å². The normalized spacial score (nSPS) is 10.2. The van der Waals surface area contributed by atoms with Gasteiger partial charge >= 0.3 is 11.6 Å². The zero-order valence-corrected chi connectivity index (χ0v) is 12.7. The molecule has 2 aromatic rings. The van der Waals surface area contributed by atoms with Crippen LogP contribution in [0.5, 0.6) is 17.4 Å². The Hall–Kier alpha value is -2.94. The summed E-state index contributed by atoms with van der Waals surface area (Å²) in [7, 11) is 3.01. The number of hydrogen-bond acceptors (Lipinski definition) is 8. The lowest BCUT2D eigenvalue weighted by molar-refractivity contribution is -0.385. The number of nitro groups is 1. The first-order valence-corrected chi connectivity index (χ1v) is 6.70. The van der Waals surface area contributed by atoms with E-state index in [9.17, 15) is 10.1 Å². The van der Waals surface area contributed by atoms with E-state index >= 15 is 0 Å². The highest BCUT2D eigenvalue weighted by atomic mass is 16.6. The lowest BCUT2D eigenvalue weighted by Crippen LogP contribution is -2.11. The van der Waals surface area contributed by atoms with Crippen LogP contribution in [-0.2, 0) is 4.74 Å². The van der Waals surface area contributed by atoms with Crippen LogP contribution >= 0.6 is 0 Å². The van der Waals surface area contributed by atoms with Gasteiger partial charge in [-0.05, 0) is 12.1 Å². The topological polar surface area (TPSA) is 109 Å². The minimum atomic E-state index is -0.597. The van der Waals surface area contributed by atoms with Gasteiger partial charge in [0.25, 0.3) is 0 Å². The third kappa shape index (κ3) is 4.04. The van der Waals surface area contributed by atoms with Crippen LogP contribution in [0, 0.1) is 10.1 Å². The molecule has 0 aliphatic rings. The van der Waals surface area contributed by atoms with Gasteiger partial charge in [-0.25, -0.2) is 4.98 Å². The van der Waals surface area contributed by atoms with Crippen molar-refractivity contribution in [2.24, 2.45) is 0 Å². The molecule has 0 saturated carbocycles. The summed E-state index contributed by atoms with van der Waals surface area (Å²) in [5.74, 6) is 0.648. The minimum absolute atomic E-state index is 0.0620. The van der Waals surface area contributed by atoms with E-state index < -0.39 is 4.92 Å². The third-order valence-electron chi connectivity index (χ3n) is 2.85. The van der Waals surface area contributed by atoms with Crippen molar-refractivity contribution in [1.82, 2.24) is 9.97 Å². The summed E-state index contributed by atoms with van der Waals surface area (Å²) < 4.78 is 15.6. The van der Waals surface area contributed by atoms with Gasteiger partial charge in [-0.3, -0.25) is 10.1 Å². The average Bonchev–Trinajstić information content (AvgIpc) is 2.55. The number of anilines is 1. The van der Waals surface area contributed by atoms with Gasteiger partial charge in [0.15, 0.2) is 11.5 Å². The molecular formula is C14H16N4O5. The largest absolute Gasteiger partial charge is 0.493 e. The maximum atomic E-state index is 11.4. The molecule has 0 radical (unpaired) electrons. The van der Waals surface area contributed by atoms with Crippen LogP contribution < -0.4 is 14.8 Å². The van der Waals surface area contributed by atoms with Crippen molar-refractivity contribution < 1.29 is 19.1 Å². The van der Waals surface area contributed by atoms with Crippen LogP contribution in [0.25, 0.3) is 0 Å². The molecule has 23 heavy (non-hydrogen) atoms. The van der Waals surface area contributed by atoms with Crippen molar-refractivity contribution in [3.8, 4) is 17.4 Å². The lowest BCUT2D eigenvalue weighted by Gasteiger charge is -2.11. The summed E-state index contributed by atoms with van der Waals surface area (Å²) in [5, 5.41) is 14.2. The van der Waals surface area contributed by atoms with Gasteiger partial charge in [-0.2, -0.15) is 4.98 Å². The van der Waals surface area contributed by atoms with Gasteiger partial charge in [0.2, 0.25) is 5.82 Å². The minimum Gasteiger partial charge on any atom is -0.493 e. The maximum absolute atomic E-state index is 11.4. The molecule has 1 aromatic carbocycles. The molecule has 9 nitrogen and oxygen atoms in total. The summed E-state index contributed by atoms with van der Waals surface area (Å²) in [6, 6.07) is 6.79. The Bertz CT molecular complexity index is 680. The number of nitrogens with zero attached hydrogens (tertiary/aromatic N) is 3. The van der Waals surface area contributed by atoms with E-state index in [0.29, 0.717) is 24.7 Å². The quantitative estimate of drug-likeness (QED) is 0.448. The molecule has 0 aliphatic heterocycles. The Morgan fingerprint density at radius 2 is 1.96 bits per heavy atom. The fraction of sp³-hybridized carbons (Fsp3) is 0.286. The molecule has 1 heterocycles. The zero-order chi connectivity index (χ0) is 16.7. The highest BCUT2D eigenvalue weighted by molar-refractivity contribution is 5.62. The predicted molar refractivity (Wildman–Crippen MR) is 82.1 cm³/mol. The number of benzene rings is 1. The van der Waals surface area contributed by atoms with Crippen LogP contribution in [-0.4, -0.2) is 42.3 Å². The smallest absolute Gasteiger partial charge is 0.373 e. The number of hydrogen-bond donors (Lipinski definition) is 1. The van der Waals surface area contributed by atoms with Gasteiger partial charge in [-0.1, -0.05) is 12.1 Å². The van der Waals surface area contributed by atoms with Gasteiger partial charge in [0.05, 0.1) is 18.6 Å². The van der Waals surface area contributed by atoms with Crippen LogP contribution in [0.1, 0.15) is 0 Å². The van der Waals surface area contributed by atoms with Gasteiger partial charge in [-0.15, -0.1) is 0 Å². The highest BCUT2D eigenvalue weighted by Gasteiger charge is 2.25. The van der Waals surface area contributed by atoms with Gasteiger partial charge in [0.1, 0.15) is 6.33 Å². The first kappa shape index (κ1) is 16.4. The molecule has 0 saturated heterocycles. The van der Waals surface area contributed by atoms with Crippen molar-refractivity contribution in [1.29, 1.82) is 0 Å². The summed E-state index contributed by atoms with van der Waals surface area (Å²) >= 11 is 0. The fourth-order valence-corrected chi connectivity index (χ4v) is 1.81. The standard InChI is InChI=1S/C14H16N4O5/c1-21-8-7-15-13-12(18(19)20)14(17-9-16-13)23-11-6-4-3-5-10(11)22-2/h3-6,9H,7-8H2,1-2H3,(H,15,16,17). The van der Waals surface area contributed by atoms with E-state index in [0.717, 1.165) is 0 Å². The second-order valence-electron chi connectivity index (χ2n) is 4.31. The number of ether oxygens (including phenoxy) is 3. The van der Waals surface area contributed by atoms with Crippen molar-refractivity contribution in [2.75, 3.05) is 32.7 Å². The molecule has 9 heteroatoms. The average molecular weight is 320 g/mol. The van der Waals surface area contributed by atoms with Crippen molar-refractivity contribution in [3.05, 3.63) is 40.7 Å². The number of rotatable bonds is 8. The first-order chi connectivity index (χ1) is 11.2. The molecule has 0 spiro atoms. The SMILES string of the molecule is COCCNc1ncnc(Oc2ccccc2OC)c1[N+](=O)[O-]. The second-order valence-corrected chi connectivity index (χ2v) is 4.31. The summed E-state index contributed by atoms with van der Waals surface area (Å²) in [5.41, 5.74) is -0.352. The Morgan fingerprint density at radius 1 is 1.22 bits per heavy atom. The molecular weight excluding hydrogens is 304 g/mol. The van der Waals surface area contributed by atoms with Gasteiger partial charge < -0.3 is 19.5 Å². The Labute approximate surface area is 132 Å². The van der Waals surface area contributed by atoms with E-state index in [-0.39, 0.29) is 17.4 Å². The van der Waals surface area contributed by atoms with E-state index in [1.54, 1.807) is 24.3 Å². The number of methoxy groups -OCH3 is 2. The van der Waals surface area contributed by atoms with Crippen LogP contribution in [0.2, 0.25) is 0 Å². The monoisotopic (exact) mass is 320 g/mol. The second kappa shape index (κ2) is 7.90. The molecule has 2 rings (SSSR count). The molecule has 0 fully saturated rings. The molecule has 0 atom stereocenters. The molecule has 1 N–H and O–H groups in total. The lowest BCUT2D eigenvalue weighted by atomic mass is 10.3. The molecule has 0 amide bonds. The number of nitrogens with one attached hydrogen (secondary N) is 1. The third-order valence-corrected chi connectivity index (χ3v) is 2.85. The predicted octanol–water partition coefficient (Wildman–Crippen LogP) is 2.24. The van der Waals surface area contributed by atoms with Crippen molar-refractivity contribution in [3.63, 3.8) is 0 Å². The number of para-hydroxylation sites is 2. The summed E-state index contributed by atoms with van der Waals surface area (Å²) in [4.78, 5) is 18.5. The van der Waals surface area contributed by atoms with Crippen LogP contribution in [0.3, 0.4) is 0 Å². The summed E-state index contributed by atoms with van der Waals surface area (Å²) in [6.45, 7) is 0.742. The highest BCUT2D eigenvalue weighted by Crippen LogP contribution is 2.37. The number of aromatic nitrogens is 2. The zero-order valence-electron chi connectivity index (χ0n) is 12.7. The summed E-state index contributed by atoms with van der Waals surface area (Å²) in [6.07, 6.45) is 1.19. The van der Waals surface area contributed by atoms with Crippen LogP contribution in [0.15, 0.2) is 30.6 Å². The Morgan fingerprint density at radius 3 is 2.61 bits per heavy atom. The Kier molecular flexibility index (Phi) is 5.64. The van der Waals surface area contributed by atoms with E-state index in [1.807, 2.05) is 0 Å². The van der Waals surface area contributed by atoms with Crippen molar-refractivity contribution in [2.45, 2.75) is 0 Å². The van der Waals surface area contributed by atoms with E-state index in [4.69, 9.17) is 14.2 Å². The molecule has 0 bridgehead atoms.